The third-order valence-electron chi connectivity index (χ3n) is 5.25. The normalized spacial score (nSPS) is 14.4. The van der Waals surface area contributed by atoms with E-state index in [1.807, 2.05) is 32.0 Å². The Morgan fingerprint density at radius 3 is 2.69 bits per heavy atom. The first-order chi connectivity index (χ1) is 14.0. The summed E-state index contributed by atoms with van der Waals surface area (Å²) in [5.41, 5.74) is 2.12. The molecule has 1 heterocycles. The highest BCUT2D eigenvalue weighted by Gasteiger charge is 2.23. The van der Waals surface area contributed by atoms with Crippen molar-refractivity contribution >= 4 is 11.8 Å². The molecule has 0 unspecified atom stereocenters. The van der Waals surface area contributed by atoms with Crippen LogP contribution in [0.3, 0.4) is 0 Å². The van der Waals surface area contributed by atoms with Crippen LogP contribution in [0.25, 0.3) is 0 Å². The number of ether oxygens (including phenoxy) is 1. The molecule has 1 aromatic carbocycles. The minimum Gasteiger partial charge on any atom is -0.483 e. The lowest BCUT2D eigenvalue weighted by Crippen LogP contribution is -2.37. The van der Waals surface area contributed by atoms with Crippen LogP contribution >= 0.6 is 0 Å². The van der Waals surface area contributed by atoms with Crippen molar-refractivity contribution in [3.63, 3.8) is 0 Å². The van der Waals surface area contributed by atoms with Gasteiger partial charge in [-0.15, -0.1) is 0 Å². The number of nitrogens with one attached hydrogen (secondary N) is 2. The summed E-state index contributed by atoms with van der Waals surface area (Å²) in [7, 11) is 0. The molecule has 1 aliphatic rings. The molecule has 29 heavy (non-hydrogen) atoms. The van der Waals surface area contributed by atoms with Crippen molar-refractivity contribution in [3.8, 4) is 5.75 Å². The number of nitrogens with zero attached hydrogens (tertiary/aromatic N) is 2. The molecule has 0 radical (unpaired) electrons. The molecule has 0 aliphatic heterocycles. The fourth-order valence-electron chi connectivity index (χ4n) is 3.38. The summed E-state index contributed by atoms with van der Waals surface area (Å²) in [6.45, 7) is 4.41. The Labute approximate surface area is 170 Å². The summed E-state index contributed by atoms with van der Waals surface area (Å²) in [6.07, 6.45) is 5.64. The van der Waals surface area contributed by atoms with Crippen molar-refractivity contribution in [1.29, 1.82) is 0 Å². The molecule has 0 atom stereocenters. The van der Waals surface area contributed by atoms with Gasteiger partial charge in [0, 0.05) is 19.0 Å². The van der Waals surface area contributed by atoms with E-state index in [2.05, 4.69) is 20.8 Å². The van der Waals surface area contributed by atoms with Crippen molar-refractivity contribution < 1.29 is 18.8 Å². The topological polar surface area (TPSA) is 106 Å². The first kappa shape index (κ1) is 20.8. The Hall–Kier alpha value is -2.90. The molecule has 1 aliphatic carbocycles. The van der Waals surface area contributed by atoms with Gasteiger partial charge in [0.15, 0.2) is 12.4 Å². The summed E-state index contributed by atoms with van der Waals surface area (Å²) in [4.78, 5) is 28.3. The lowest BCUT2D eigenvalue weighted by Gasteiger charge is -2.17. The molecule has 0 saturated heterocycles. The second kappa shape index (κ2) is 10.0. The summed E-state index contributed by atoms with van der Waals surface area (Å²) in [5, 5.41) is 9.33. The van der Waals surface area contributed by atoms with Gasteiger partial charge in [-0.2, -0.15) is 4.98 Å². The van der Waals surface area contributed by atoms with Crippen molar-refractivity contribution in [1.82, 2.24) is 20.8 Å². The van der Waals surface area contributed by atoms with Gasteiger partial charge in [-0.05, 0) is 43.9 Å². The van der Waals surface area contributed by atoms with E-state index >= 15 is 0 Å². The van der Waals surface area contributed by atoms with E-state index in [1.54, 1.807) is 0 Å². The number of amides is 2. The quantitative estimate of drug-likeness (QED) is 0.660. The lowest BCUT2D eigenvalue weighted by atomic mass is 9.89. The van der Waals surface area contributed by atoms with E-state index in [1.165, 1.54) is 6.42 Å². The van der Waals surface area contributed by atoms with Crippen molar-refractivity contribution in [3.05, 3.63) is 41.0 Å². The Balaban J connectivity index is 1.35. The number of aromatic nitrogens is 2. The van der Waals surface area contributed by atoms with Crippen LogP contribution in [-0.2, 0) is 4.79 Å². The van der Waals surface area contributed by atoms with Crippen LogP contribution in [0.2, 0.25) is 0 Å². The summed E-state index contributed by atoms with van der Waals surface area (Å²) in [6, 6.07) is 5.72. The van der Waals surface area contributed by atoms with Gasteiger partial charge in [0.25, 0.3) is 5.91 Å². The summed E-state index contributed by atoms with van der Waals surface area (Å²) >= 11 is 0. The molecule has 1 fully saturated rings. The number of rotatable bonds is 8. The highest BCUT2D eigenvalue weighted by atomic mass is 16.5. The van der Waals surface area contributed by atoms with Gasteiger partial charge in [0.1, 0.15) is 5.75 Å². The van der Waals surface area contributed by atoms with Gasteiger partial charge in [0.05, 0.1) is 0 Å². The first-order valence-electron chi connectivity index (χ1n) is 10.1. The molecule has 8 nitrogen and oxygen atoms in total. The van der Waals surface area contributed by atoms with E-state index in [9.17, 15) is 9.59 Å². The fraction of sp³-hybridized carbons (Fsp3) is 0.524. The average Bonchev–Trinajstić information content (AvgIpc) is 3.23. The summed E-state index contributed by atoms with van der Waals surface area (Å²) in [5.74, 6) is 0.879. The smallest absolute Gasteiger partial charge is 0.315 e. The van der Waals surface area contributed by atoms with E-state index in [0.29, 0.717) is 11.6 Å². The Morgan fingerprint density at radius 1 is 1.14 bits per heavy atom. The van der Waals surface area contributed by atoms with Crippen LogP contribution < -0.4 is 15.4 Å². The number of carbonyl (C=O) groups is 2. The van der Waals surface area contributed by atoms with Gasteiger partial charge in [0.2, 0.25) is 0 Å². The molecule has 8 heteroatoms. The molecule has 0 spiro atoms. The average molecular weight is 400 g/mol. The number of hydrogen-bond donors (Lipinski definition) is 2. The second-order valence-corrected chi connectivity index (χ2v) is 7.39. The van der Waals surface area contributed by atoms with E-state index < -0.39 is 5.91 Å². The van der Waals surface area contributed by atoms with Crippen LogP contribution in [0.1, 0.15) is 65.7 Å². The van der Waals surface area contributed by atoms with Crippen LogP contribution in [0.4, 0.5) is 0 Å². The maximum atomic E-state index is 12.1. The number of carbonyl (C=O) groups excluding carboxylic acids is 2. The van der Waals surface area contributed by atoms with Crippen molar-refractivity contribution in [2.45, 2.75) is 51.9 Å². The van der Waals surface area contributed by atoms with E-state index in [0.717, 1.165) is 36.8 Å². The molecular weight excluding hydrogens is 372 g/mol. The molecular formula is C21H28N4O4. The largest absolute Gasteiger partial charge is 0.483 e. The van der Waals surface area contributed by atoms with E-state index in [-0.39, 0.29) is 37.4 Å². The van der Waals surface area contributed by atoms with Crippen LogP contribution in [-0.4, -0.2) is 41.7 Å². The maximum Gasteiger partial charge on any atom is 0.315 e. The third-order valence-corrected chi connectivity index (χ3v) is 5.25. The zero-order valence-electron chi connectivity index (χ0n) is 17.0. The lowest BCUT2D eigenvalue weighted by molar-refractivity contribution is -0.123. The van der Waals surface area contributed by atoms with Gasteiger partial charge in [-0.25, -0.2) is 0 Å². The number of benzene rings is 1. The van der Waals surface area contributed by atoms with Gasteiger partial charge in [-0.1, -0.05) is 36.6 Å². The van der Waals surface area contributed by atoms with E-state index in [4.69, 9.17) is 9.26 Å². The van der Waals surface area contributed by atoms with Crippen molar-refractivity contribution in [2.75, 3.05) is 19.7 Å². The first-order valence-corrected chi connectivity index (χ1v) is 10.1. The van der Waals surface area contributed by atoms with Gasteiger partial charge < -0.3 is 19.9 Å². The highest BCUT2D eigenvalue weighted by Crippen LogP contribution is 2.30. The van der Waals surface area contributed by atoms with Crippen LogP contribution in [0.5, 0.6) is 5.75 Å². The molecule has 1 aromatic heterocycles. The SMILES string of the molecule is Cc1cccc(OCC(=O)NCCNC(=O)c2nc(C3CCCCC3)no2)c1C. The Morgan fingerprint density at radius 2 is 1.90 bits per heavy atom. The van der Waals surface area contributed by atoms with Crippen LogP contribution in [0.15, 0.2) is 22.7 Å². The fourth-order valence-corrected chi connectivity index (χ4v) is 3.38. The molecule has 2 N–H and O–H groups in total. The molecule has 0 bridgehead atoms. The molecule has 2 aromatic rings. The zero-order valence-corrected chi connectivity index (χ0v) is 17.0. The molecule has 3 rings (SSSR count). The number of hydrogen-bond acceptors (Lipinski definition) is 6. The Kier molecular flexibility index (Phi) is 7.21. The Bertz CT molecular complexity index is 843. The monoisotopic (exact) mass is 400 g/mol. The van der Waals surface area contributed by atoms with Crippen molar-refractivity contribution in [2.24, 2.45) is 0 Å². The van der Waals surface area contributed by atoms with Gasteiger partial charge >= 0.3 is 11.8 Å². The molecule has 1 saturated carbocycles. The predicted molar refractivity (Wildman–Crippen MR) is 107 cm³/mol. The number of aryl methyl sites for hydroxylation is 1. The highest BCUT2D eigenvalue weighted by molar-refractivity contribution is 5.89. The minimum atomic E-state index is -0.430. The predicted octanol–water partition coefficient (Wildman–Crippen LogP) is 2.66. The third kappa shape index (κ3) is 5.79. The van der Waals surface area contributed by atoms with Crippen LogP contribution in [0, 0.1) is 13.8 Å². The maximum absolute atomic E-state index is 12.1. The van der Waals surface area contributed by atoms with Gasteiger partial charge in [-0.3, -0.25) is 9.59 Å². The second-order valence-electron chi connectivity index (χ2n) is 7.39. The molecule has 156 valence electrons. The zero-order chi connectivity index (χ0) is 20.6. The standard InChI is InChI=1S/C21H28N4O4/c1-14-7-6-10-17(15(14)2)28-13-18(26)22-11-12-23-20(27)21-24-19(25-29-21)16-8-4-3-5-9-16/h6-7,10,16H,3-5,8-9,11-13H2,1-2H3,(H,22,26)(H,23,27). The summed E-state index contributed by atoms with van der Waals surface area (Å²) < 4.78 is 10.6. The minimum absolute atomic E-state index is 0.0323. The molecule has 2 amide bonds.